The van der Waals surface area contributed by atoms with Crippen LogP contribution in [0.5, 0.6) is 0 Å². The van der Waals surface area contributed by atoms with Gasteiger partial charge in [-0.25, -0.2) is 0 Å². The molecule has 0 unspecified atom stereocenters. The van der Waals surface area contributed by atoms with Gasteiger partial charge in [-0.1, -0.05) is 19.8 Å². The van der Waals surface area contributed by atoms with Crippen molar-refractivity contribution in [1.82, 2.24) is 15.5 Å². The fourth-order valence-electron chi connectivity index (χ4n) is 2.20. The van der Waals surface area contributed by atoms with Crippen LogP contribution in [0.2, 0.25) is 0 Å². The minimum atomic E-state index is -0.0221. The summed E-state index contributed by atoms with van der Waals surface area (Å²) < 4.78 is 0. The van der Waals surface area contributed by atoms with Crippen LogP contribution in [0.3, 0.4) is 0 Å². The van der Waals surface area contributed by atoms with Gasteiger partial charge < -0.3 is 10.6 Å². The summed E-state index contributed by atoms with van der Waals surface area (Å²) in [4.78, 5) is 25.5. The Morgan fingerprint density at radius 1 is 1.25 bits per heavy atom. The second kappa shape index (κ2) is 8.60. The van der Waals surface area contributed by atoms with Crippen LogP contribution in [0, 0.1) is 24.2 Å². The molecule has 0 aromatic rings. The molecule has 0 bridgehead atoms. The van der Waals surface area contributed by atoms with Crippen molar-refractivity contribution in [2.75, 3.05) is 32.7 Å². The van der Waals surface area contributed by atoms with Gasteiger partial charge in [0.15, 0.2) is 0 Å². The molecule has 0 spiro atoms. The van der Waals surface area contributed by atoms with Gasteiger partial charge in [-0.15, -0.1) is 6.42 Å². The zero-order valence-corrected chi connectivity index (χ0v) is 12.4. The number of hydrogen-bond acceptors (Lipinski definition) is 3. The zero-order chi connectivity index (χ0) is 15.0. The molecule has 2 amide bonds. The second-order valence-electron chi connectivity index (χ2n) is 5.49. The Morgan fingerprint density at radius 2 is 1.85 bits per heavy atom. The van der Waals surface area contributed by atoms with Gasteiger partial charge in [-0.3, -0.25) is 14.5 Å². The maximum Gasteiger partial charge on any atom is 0.223 e. The Labute approximate surface area is 121 Å². The topological polar surface area (TPSA) is 61.4 Å². The molecule has 1 fully saturated rings. The van der Waals surface area contributed by atoms with Crippen molar-refractivity contribution in [2.45, 2.75) is 26.7 Å². The Kier molecular flexibility index (Phi) is 7.10. The number of hydrogen-bond donors (Lipinski definition) is 2. The number of amides is 2. The number of nitrogens with zero attached hydrogens (tertiary/aromatic N) is 1. The minimum absolute atomic E-state index is 0.0156. The summed E-state index contributed by atoms with van der Waals surface area (Å²) in [6.07, 6.45) is 6.98. The van der Waals surface area contributed by atoms with Crippen LogP contribution in [0.25, 0.3) is 0 Å². The van der Waals surface area contributed by atoms with E-state index in [-0.39, 0.29) is 23.7 Å². The first-order chi connectivity index (χ1) is 9.54. The molecule has 0 atom stereocenters. The van der Waals surface area contributed by atoms with E-state index in [1.54, 1.807) is 0 Å². The summed E-state index contributed by atoms with van der Waals surface area (Å²) in [5, 5.41) is 5.66. The van der Waals surface area contributed by atoms with Crippen LogP contribution in [-0.2, 0) is 9.59 Å². The smallest absolute Gasteiger partial charge is 0.223 e. The maximum absolute atomic E-state index is 12.0. The SMILES string of the molecule is C#CCN1CCC(C(=O)NCCNC(=O)C(C)C)CC1. The predicted molar refractivity (Wildman–Crippen MR) is 78.9 cm³/mol. The van der Waals surface area contributed by atoms with Crippen LogP contribution < -0.4 is 10.6 Å². The van der Waals surface area contributed by atoms with Crippen LogP contribution in [0.15, 0.2) is 0 Å². The number of carbonyl (C=O) groups is 2. The molecule has 1 saturated heterocycles. The van der Waals surface area contributed by atoms with E-state index in [0.29, 0.717) is 19.6 Å². The molecule has 20 heavy (non-hydrogen) atoms. The first-order valence-corrected chi connectivity index (χ1v) is 7.25. The monoisotopic (exact) mass is 279 g/mol. The zero-order valence-electron chi connectivity index (χ0n) is 12.4. The van der Waals surface area contributed by atoms with Crippen molar-refractivity contribution in [3.05, 3.63) is 0 Å². The molecule has 0 radical (unpaired) electrons. The molecule has 0 aromatic carbocycles. The average Bonchev–Trinajstić information content (AvgIpc) is 2.44. The average molecular weight is 279 g/mol. The Morgan fingerprint density at radius 3 is 2.40 bits per heavy atom. The number of terminal acetylenes is 1. The lowest BCUT2D eigenvalue weighted by molar-refractivity contribution is -0.127. The Balaban J connectivity index is 2.15. The molecule has 0 saturated carbocycles. The minimum Gasteiger partial charge on any atom is -0.354 e. The molecular weight excluding hydrogens is 254 g/mol. The van der Waals surface area contributed by atoms with E-state index in [2.05, 4.69) is 21.5 Å². The first-order valence-electron chi connectivity index (χ1n) is 7.25. The highest BCUT2D eigenvalue weighted by Gasteiger charge is 2.24. The van der Waals surface area contributed by atoms with Gasteiger partial charge in [0.1, 0.15) is 0 Å². The van der Waals surface area contributed by atoms with Gasteiger partial charge >= 0.3 is 0 Å². The molecule has 0 aromatic heterocycles. The van der Waals surface area contributed by atoms with E-state index in [1.165, 1.54) is 0 Å². The molecule has 1 heterocycles. The third-order valence-corrected chi connectivity index (χ3v) is 3.52. The van der Waals surface area contributed by atoms with Crippen LogP contribution in [0.4, 0.5) is 0 Å². The van der Waals surface area contributed by atoms with Gasteiger partial charge in [0.25, 0.3) is 0 Å². The molecule has 1 aliphatic rings. The van der Waals surface area contributed by atoms with E-state index in [0.717, 1.165) is 25.9 Å². The number of piperidine rings is 1. The number of rotatable bonds is 6. The van der Waals surface area contributed by atoms with Crippen molar-refractivity contribution >= 4 is 11.8 Å². The third-order valence-electron chi connectivity index (χ3n) is 3.52. The molecule has 112 valence electrons. The van der Waals surface area contributed by atoms with Gasteiger partial charge in [0, 0.05) is 24.9 Å². The lowest BCUT2D eigenvalue weighted by Gasteiger charge is -2.29. The third kappa shape index (κ3) is 5.62. The molecule has 1 rings (SSSR count). The van der Waals surface area contributed by atoms with Crippen LogP contribution in [-0.4, -0.2) is 49.4 Å². The molecule has 0 aliphatic carbocycles. The summed E-state index contributed by atoms with van der Waals surface area (Å²) >= 11 is 0. The van der Waals surface area contributed by atoms with Gasteiger partial charge in [-0.05, 0) is 25.9 Å². The fourth-order valence-corrected chi connectivity index (χ4v) is 2.20. The van der Waals surface area contributed by atoms with Crippen molar-refractivity contribution in [3.63, 3.8) is 0 Å². The van der Waals surface area contributed by atoms with Crippen molar-refractivity contribution in [2.24, 2.45) is 11.8 Å². The summed E-state index contributed by atoms with van der Waals surface area (Å²) in [6, 6.07) is 0. The van der Waals surface area contributed by atoms with E-state index in [1.807, 2.05) is 13.8 Å². The number of carbonyl (C=O) groups excluding carboxylic acids is 2. The summed E-state index contributed by atoms with van der Waals surface area (Å²) in [7, 11) is 0. The van der Waals surface area contributed by atoms with E-state index >= 15 is 0 Å². The molecule has 2 N–H and O–H groups in total. The molecule has 5 nitrogen and oxygen atoms in total. The summed E-state index contributed by atoms with van der Waals surface area (Å²) in [5.74, 6) is 2.78. The van der Waals surface area contributed by atoms with Crippen LogP contribution >= 0.6 is 0 Å². The van der Waals surface area contributed by atoms with E-state index in [4.69, 9.17) is 6.42 Å². The molecule has 5 heteroatoms. The second-order valence-corrected chi connectivity index (χ2v) is 5.49. The standard InChI is InChI=1S/C15H25N3O2/c1-4-9-18-10-5-13(6-11-18)15(20)17-8-7-16-14(19)12(2)3/h1,12-13H,5-11H2,2-3H3,(H,16,19)(H,17,20). The summed E-state index contributed by atoms with van der Waals surface area (Å²) in [6.45, 7) is 7.09. The lowest BCUT2D eigenvalue weighted by Crippen LogP contribution is -2.43. The van der Waals surface area contributed by atoms with E-state index in [9.17, 15) is 9.59 Å². The van der Waals surface area contributed by atoms with Crippen LogP contribution in [0.1, 0.15) is 26.7 Å². The van der Waals surface area contributed by atoms with E-state index < -0.39 is 0 Å². The van der Waals surface area contributed by atoms with Crippen molar-refractivity contribution < 1.29 is 9.59 Å². The van der Waals surface area contributed by atoms with Gasteiger partial charge in [-0.2, -0.15) is 0 Å². The maximum atomic E-state index is 12.0. The number of nitrogens with one attached hydrogen (secondary N) is 2. The lowest BCUT2D eigenvalue weighted by atomic mass is 9.96. The Hall–Kier alpha value is -1.54. The predicted octanol–water partition coefficient (Wildman–Crippen LogP) is 0.220. The highest BCUT2D eigenvalue weighted by Crippen LogP contribution is 2.16. The Bertz CT molecular complexity index is 366. The van der Waals surface area contributed by atoms with Crippen molar-refractivity contribution in [1.29, 1.82) is 0 Å². The summed E-state index contributed by atoms with van der Waals surface area (Å²) in [5.41, 5.74) is 0. The normalized spacial score (nSPS) is 16.7. The first kappa shape index (κ1) is 16.5. The largest absolute Gasteiger partial charge is 0.354 e. The molecular formula is C15H25N3O2. The molecule has 1 aliphatic heterocycles. The fraction of sp³-hybridized carbons (Fsp3) is 0.733. The quantitative estimate of drug-likeness (QED) is 0.540. The highest BCUT2D eigenvalue weighted by molar-refractivity contribution is 5.79. The van der Waals surface area contributed by atoms with Gasteiger partial charge in [0.05, 0.1) is 6.54 Å². The van der Waals surface area contributed by atoms with Gasteiger partial charge in [0.2, 0.25) is 11.8 Å². The van der Waals surface area contributed by atoms with Crippen molar-refractivity contribution in [3.8, 4) is 12.3 Å². The highest BCUT2D eigenvalue weighted by atomic mass is 16.2. The number of likely N-dealkylation sites (tertiary alicyclic amines) is 1.